The van der Waals surface area contributed by atoms with Crippen LogP contribution in [0.1, 0.15) is 12.5 Å². The van der Waals surface area contributed by atoms with Crippen LogP contribution in [0.3, 0.4) is 0 Å². The van der Waals surface area contributed by atoms with Gasteiger partial charge in [-0.1, -0.05) is 42.1 Å². The Balaban J connectivity index is 1.55. The molecule has 0 aliphatic carbocycles. The first kappa shape index (κ1) is 19.4. The number of benzene rings is 2. The minimum absolute atomic E-state index is 0.101. The van der Waals surface area contributed by atoms with Crippen molar-refractivity contribution in [2.24, 2.45) is 5.10 Å². The molecule has 0 spiro atoms. The van der Waals surface area contributed by atoms with E-state index in [1.807, 2.05) is 54.6 Å². The molecule has 1 atom stereocenters. The van der Waals surface area contributed by atoms with Crippen LogP contribution in [-0.4, -0.2) is 50.3 Å². The van der Waals surface area contributed by atoms with Gasteiger partial charge in [0, 0.05) is 11.1 Å². The molecule has 156 valence electrons. The quantitative estimate of drug-likeness (QED) is 0.511. The number of thioether (sulfide) groups is 1. The van der Waals surface area contributed by atoms with Gasteiger partial charge in [0.15, 0.2) is 11.5 Å². The van der Waals surface area contributed by atoms with Crippen molar-refractivity contribution in [1.29, 1.82) is 0 Å². The Bertz CT molecular complexity index is 1260. The lowest BCUT2D eigenvalue weighted by Crippen LogP contribution is -2.21. The van der Waals surface area contributed by atoms with Crippen LogP contribution in [-0.2, 0) is 0 Å². The van der Waals surface area contributed by atoms with Crippen LogP contribution in [0.15, 0.2) is 64.9 Å². The first-order valence-corrected chi connectivity index (χ1v) is 10.6. The number of aromatic amines is 1. The molecule has 5 rings (SSSR count). The topological polar surface area (TPSA) is 90.2 Å². The van der Waals surface area contributed by atoms with Crippen molar-refractivity contribution in [3.05, 3.63) is 60.2 Å². The molecular weight excluding hydrogens is 412 g/mol. The van der Waals surface area contributed by atoms with E-state index in [0.717, 1.165) is 33.4 Å². The maximum absolute atomic E-state index is 5.46. The fraction of sp³-hybridized carbons (Fsp3) is 0.182. The van der Waals surface area contributed by atoms with Crippen molar-refractivity contribution in [3.63, 3.8) is 0 Å². The molecule has 0 bridgehead atoms. The molecule has 2 aromatic carbocycles. The van der Waals surface area contributed by atoms with Gasteiger partial charge in [-0.3, -0.25) is 5.10 Å². The van der Waals surface area contributed by atoms with E-state index in [4.69, 9.17) is 14.6 Å². The second kappa shape index (κ2) is 7.92. The first-order chi connectivity index (χ1) is 15.2. The van der Waals surface area contributed by atoms with Gasteiger partial charge in [-0.15, -0.1) is 10.2 Å². The van der Waals surface area contributed by atoms with E-state index in [0.29, 0.717) is 17.3 Å². The maximum Gasteiger partial charge on any atom is 0.213 e. The molecule has 0 saturated heterocycles. The summed E-state index contributed by atoms with van der Waals surface area (Å²) in [5, 5.41) is 21.9. The molecule has 1 aliphatic rings. The van der Waals surface area contributed by atoms with E-state index in [2.05, 4.69) is 27.3 Å². The van der Waals surface area contributed by atoms with Gasteiger partial charge in [0.05, 0.1) is 30.9 Å². The van der Waals surface area contributed by atoms with Gasteiger partial charge >= 0.3 is 0 Å². The van der Waals surface area contributed by atoms with Crippen LogP contribution in [0, 0.1) is 0 Å². The van der Waals surface area contributed by atoms with E-state index in [9.17, 15) is 0 Å². The number of nitrogens with one attached hydrogen (secondary N) is 1. The minimum atomic E-state index is 0.101. The Morgan fingerprint density at radius 1 is 0.935 bits per heavy atom. The molecule has 3 heterocycles. The maximum atomic E-state index is 5.46. The van der Waals surface area contributed by atoms with Crippen LogP contribution in [0.2, 0.25) is 0 Å². The highest BCUT2D eigenvalue weighted by atomic mass is 32.2. The highest BCUT2D eigenvalue weighted by Crippen LogP contribution is 2.35. The Hall–Kier alpha value is -3.59. The lowest BCUT2D eigenvalue weighted by Gasteiger charge is -2.20. The number of hydrogen-bond acceptors (Lipinski definition) is 7. The molecule has 0 saturated carbocycles. The zero-order valence-corrected chi connectivity index (χ0v) is 18.1. The molecule has 0 amide bonds. The molecule has 0 fully saturated rings. The van der Waals surface area contributed by atoms with Gasteiger partial charge in [0.25, 0.3) is 0 Å². The average molecular weight is 433 g/mol. The highest BCUT2D eigenvalue weighted by Gasteiger charge is 2.27. The van der Waals surface area contributed by atoms with Crippen LogP contribution in [0.4, 0.5) is 0 Å². The summed E-state index contributed by atoms with van der Waals surface area (Å²) in [6.07, 6.45) is 0. The summed E-state index contributed by atoms with van der Waals surface area (Å²) in [5.41, 5.74) is 4.48. The number of fused-ring (bicyclic) bond motifs is 1. The van der Waals surface area contributed by atoms with Gasteiger partial charge in [0.2, 0.25) is 11.0 Å². The van der Waals surface area contributed by atoms with Crippen LogP contribution >= 0.6 is 11.8 Å². The van der Waals surface area contributed by atoms with Crippen LogP contribution in [0.25, 0.3) is 22.8 Å². The second-order valence-electron chi connectivity index (χ2n) is 6.97. The number of methoxy groups -OCH3 is 2. The van der Waals surface area contributed by atoms with E-state index in [1.54, 1.807) is 30.7 Å². The average Bonchev–Trinajstić information content (AvgIpc) is 3.45. The smallest absolute Gasteiger partial charge is 0.213 e. The Morgan fingerprint density at radius 3 is 2.52 bits per heavy atom. The molecule has 4 aromatic rings. The van der Waals surface area contributed by atoms with Crippen molar-refractivity contribution in [3.8, 4) is 34.3 Å². The predicted molar refractivity (Wildman–Crippen MR) is 120 cm³/mol. The monoisotopic (exact) mass is 432 g/mol. The Kier molecular flexibility index (Phi) is 4.95. The van der Waals surface area contributed by atoms with E-state index in [1.165, 1.54) is 0 Å². The van der Waals surface area contributed by atoms with Crippen molar-refractivity contribution in [2.75, 3.05) is 14.2 Å². The molecule has 0 radical (unpaired) electrons. The number of H-pyrrole nitrogens is 1. The third-order valence-corrected chi connectivity index (χ3v) is 6.10. The summed E-state index contributed by atoms with van der Waals surface area (Å²) in [7, 11) is 3.25. The summed E-state index contributed by atoms with van der Waals surface area (Å²) in [5.74, 6) is 1.96. The zero-order chi connectivity index (χ0) is 21.4. The van der Waals surface area contributed by atoms with Crippen LogP contribution in [0.5, 0.6) is 11.5 Å². The van der Waals surface area contributed by atoms with Crippen molar-refractivity contribution in [2.45, 2.75) is 17.3 Å². The lowest BCUT2D eigenvalue weighted by molar-refractivity contribution is 0.355. The first-order valence-electron chi connectivity index (χ1n) is 9.72. The molecular formula is C22H20N6O2S. The largest absolute Gasteiger partial charge is 0.493 e. The summed E-state index contributed by atoms with van der Waals surface area (Å²) >= 11 is 1.61. The fourth-order valence-corrected chi connectivity index (χ4v) is 4.41. The third-order valence-electron chi connectivity index (χ3n) is 5.05. The van der Waals surface area contributed by atoms with Crippen molar-refractivity contribution < 1.29 is 9.47 Å². The highest BCUT2D eigenvalue weighted by molar-refractivity contribution is 8.00. The standard InChI is InChI=1S/C22H20N6O2S/c1-13-20(15-9-10-18(29-2)19(11-15)30-3)27-28-21(25-26-22(28)31-13)17-12-16(23-24-17)14-7-5-4-6-8-14/h4-13H,1-3H3,(H,23,24). The molecule has 8 nitrogen and oxygen atoms in total. The summed E-state index contributed by atoms with van der Waals surface area (Å²) in [6, 6.07) is 17.8. The lowest BCUT2D eigenvalue weighted by atomic mass is 10.1. The third kappa shape index (κ3) is 3.46. The molecule has 1 N–H and O–H groups in total. The van der Waals surface area contributed by atoms with Gasteiger partial charge in [-0.25, -0.2) is 0 Å². The van der Waals surface area contributed by atoms with Gasteiger partial charge in [-0.2, -0.15) is 14.9 Å². The Morgan fingerprint density at radius 2 is 1.74 bits per heavy atom. The molecule has 31 heavy (non-hydrogen) atoms. The number of ether oxygens (including phenoxy) is 2. The van der Waals surface area contributed by atoms with Gasteiger partial charge in [-0.05, 0) is 31.2 Å². The summed E-state index contributed by atoms with van der Waals surface area (Å²) < 4.78 is 12.6. The van der Waals surface area contributed by atoms with E-state index in [-0.39, 0.29) is 5.25 Å². The molecule has 2 aromatic heterocycles. The van der Waals surface area contributed by atoms with Crippen LogP contribution < -0.4 is 9.47 Å². The molecule has 1 aliphatic heterocycles. The minimum Gasteiger partial charge on any atom is -0.493 e. The fourth-order valence-electron chi connectivity index (χ4n) is 3.48. The Labute approximate surface area is 183 Å². The number of hydrogen-bond donors (Lipinski definition) is 1. The second-order valence-corrected chi connectivity index (χ2v) is 8.27. The van der Waals surface area contributed by atoms with E-state index >= 15 is 0 Å². The predicted octanol–water partition coefficient (Wildman–Crippen LogP) is 4.10. The number of rotatable bonds is 5. The number of aromatic nitrogens is 5. The SMILES string of the molecule is COc1ccc(C2=Nn3c(nnc3-c3cc(-c4ccccc4)n[nH]3)SC2C)cc1OC. The summed E-state index contributed by atoms with van der Waals surface area (Å²) in [6.45, 7) is 2.10. The van der Waals surface area contributed by atoms with Crippen molar-refractivity contribution >= 4 is 17.5 Å². The molecule has 9 heteroatoms. The van der Waals surface area contributed by atoms with E-state index < -0.39 is 0 Å². The van der Waals surface area contributed by atoms with Crippen molar-refractivity contribution in [1.82, 2.24) is 25.1 Å². The molecule has 1 unspecified atom stereocenters. The zero-order valence-electron chi connectivity index (χ0n) is 17.2. The summed E-state index contributed by atoms with van der Waals surface area (Å²) in [4.78, 5) is 0. The normalized spacial score (nSPS) is 15.3. The van der Waals surface area contributed by atoms with Gasteiger partial charge in [0.1, 0.15) is 5.69 Å². The number of nitrogens with zero attached hydrogens (tertiary/aromatic N) is 5. The van der Waals surface area contributed by atoms with Gasteiger partial charge < -0.3 is 9.47 Å².